The van der Waals surface area contributed by atoms with Gasteiger partial charge in [-0.05, 0) is 89.3 Å². The number of carbonyl (C=O) groups excluding carboxylic acids is 2. The molecule has 176 valence electrons. The lowest BCUT2D eigenvalue weighted by Gasteiger charge is -2.26. The Balaban J connectivity index is 2.07. The number of Topliss-reactive ketones (excluding diaryl/α,β-unsaturated/α-hetero) is 1. The Hall–Kier alpha value is -3.19. The van der Waals surface area contributed by atoms with Crippen molar-refractivity contribution in [1.82, 2.24) is 9.80 Å². The lowest BCUT2D eigenvalue weighted by molar-refractivity contribution is -0.139. The molecule has 6 nitrogen and oxygen atoms in total. The molecule has 33 heavy (non-hydrogen) atoms. The van der Waals surface area contributed by atoms with E-state index in [1.165, 1.54) is 17.0 Å². The monoisotopic (exact) mass is 454 g/mol. The molecular formula is C26H31FN2O4. The van der Waals surface area contributed by atoms with E-state index in [1.807, 2.05) is 39.8 Å². The van der Waals surface area contributed by atoms with Crippen LogP contribution in [0.25, 0.3) is 5.76 Å². The first kappa shape index (κ1) is 24.5. The Morgan fingerprint density at radius 1 is 1.15 bits per heavy atom. The highest BCUT2D eigenvalue weighted by molar-refractivity contribution is 6.46. The predicted octanol–water partition coefficient (Wildman–Crippen LogP) is 4.29. The van der Waals surface area contributed by atoms with Gasteiger partial charge >= 0.3 is 0 Å². The summed E-state index contributed by atoms with van der Waals surface area (Å²) in [5.74, 6) is -1.40. The number of aliphatic hydroxyl groups is 1. The summed E-state index contributed by atoms with van der Waals surface area (Å²) >= 11 is 0. The zero-order valence-corrected chi connectivity index (χ0v) is 19.8. The third-order valence-corrected chi connectivity index (χ3v) is 5.54. The molecule has 2 aromatic carbocycles. The van der Waals surface area contributed by atoms with Gasteiger partial charge in [-0.15, -0.1) is 0 Å². The van der Waals surface area contributed by atoms with Gasteiger partial charge in [-0.3, -0.25) is 9.59 Å². The lowest BCUT2D eigenvalue weighted by atomic mass is 9.94. The van der Waals surface area contributed by atoms with Gasteiger partial charge in [0, 0.05) is 12.1 Å². The van der Waals surface area contributed by atoms with E-state index in [0.29, 0.717) is 29.8 Å². The number of rotatable bonds is 8. The molecule has 0 aromatic heterocycles. The molecule has 0 unspecified atom stereocenters. The van der Waals surface area contributed by atoms with Crippen LogP contribution in [0.3, 0.4) is 0 Å². The van der Waals surface area contributed by atoms with Gasteiger partial charge in [0.2, 0.25) is 0 Å². The van der Waals surface area contributed by atoms with Crippen molar-refractivity contribution in [2.24, 2.45) is 0 Å². The van der Waals surface area contributed by atoms with Crippen molar-refractivity contribution in [3.8, 4) is 5.75 Å². The molecule has 0 aliphatic carbocycles. The third kappa shape index (κ3) is 5.42. The summed E-state index contributed by atoms with van der Waals surface area (Å²) < 4.78 is 19.3. The SMILES string of the molecule is Cc1cc(/C(O)=C2\C(=O)C(=O)N(CCCN(C)C)[C@H]2c2ccc(F)cc2)ccc1OC(C)C. The molecule has 1 heterocycles. The third-order valence-electron chi connectivity index (χ3n) is 5.54. The number of ketones is 1. The van der Waals surface area contributed by atoms with Crippen LogP contribution in [0.15, 0.2) is 48.0 Å². The summed E-state index contributed by atoms with van der Waals surface area (Å²) in [4.78, 5) is 29.5. The number of likely N-dealkylation sites (tertiary alicyclic amines) is 1. The highest BCUT2D eigenvalue weighted by atomic mass is 19.1. The van der Waals surface area contributed by atoms with Crippen LogP contribution in [0.5, 0.6) is 5.75 Å². The molecule has 0 bridgehead atoms. The minimum Gasteiger partial charge on any atom is -0.507 e. The van der Waals surface area contributed by atoms with Crippen molar-refractivity contribution in [1.29, 1.82) is 0 Å². The zero-order valence-electron chi connectivity index (χ0n) is 19.8. The second kappa shape index (κ2) is 10.2. The van der Waals surface area contributed by atoms with Gasteiger partial charge in [-0.2, -0.15) is 0 Å². The van der Waals surface area contributed by atoms with Crippen LogP contribution in [0.4, 0.5) is 4.39 Å². The molecule has 1 fully saturated rings. The molecule has 1 amide bonds. The molecule has 1 N–H and O–H groups in total. The van der Waals surface area contributed by atoms with Crippen LogP contribution in [-0.2, 0) is 9.59 Å². The highest BCUT2D eigenvalue weighted by Crippen LogP contribution is 2.40. The lowest BCUT2D eigenvalue weighted by Crippen LogP contribution is -2.32. The fourth-order valence-corrected chi connectivity index (χ4v) is 4.00. The van der Waals surface area contributed by atoms with E-state index in [1.54, 1.807) is 30.3 Å². The summed E-state index contributed by atoms with van der Waals surface area (Å²) in [5, 5.41) is 11.2. The largest absolute Gasteiger partial charge is 0.507 e. The van der Waals surface area contributed by atoms with Crippen LogP contribution in [0.1, 0.15) is 43.0 Å². The molecule has 7 heteroatoms. The Bertz CT molecular complexity index is 1060. The van der Waals surface area contributed by atoms with E-state index in [9.17, 15) is 19.1 Å². The predicted molar refractivity (Wildman–Crippen MR) is 126 cm³/mol. The van der Waals surface area contributed by atoms with Crippen molar-refractivity contribution in [3.63, 3.8) is 0 Å². The van der Waals surface area contributed by atoms with Gasteiger partial charge in [0.15, 0.2) is 0 Å². The Kier molecular flexibility index (Phi) is 7.53. The molecule has 0 saturated carbocycles. The normalized spacial score (nSPS) is 17.9. The van der Waals surface area contributed by atoms with Crippen LogP contribution in [-0.4, -0.2) is 59.9 Å². The second-order valence-corrected chi connectivity index (χ2v) is 8.85. The van der Waals surface area contributed by atoms with Crippen LogP contribution in [0.2, 0.25) is 0 Å². The molecule has 2 aromatic rings. The summed E-state index contributed by atoms with van der Waals surface area (Å²) in [5.41, 5.74) is 1.79. The van der Waals surface area contributed by atoms with Gasteiger partial charge in [0.1, 0.15) is 17.3 Å². The minimum absolute atomic E-state index is 0.00545. The zero-order chi connectivity index (χ0) is 24.3. The molecule has 1 saturated heterocycles. The van der Waals surface area contributed by atoms with Crippen LogP contribution < -0.4 is 4.74 Å². The van der Waals surface area contributed by atoms with Crippen molar-refractivity contribution in [2.75, 3.05) is 27.2 Å². The molecule has 0 spiro atoms. The maximum absolute atomic E-state index is 13.6. The Morgan fingerprint density at radius 2 is 1.82 bits per heavy atom. The first-order chi connectivity index (χ1) is 15.6. The molecular weight excluding hydrogens is 423 g/mol. The first-order valence-corrected chi connectivity index (χ1v) is 11.1. The first-order valence-electron chi connectivity index (χ1n) is 11.1. The number of hydrogen-bond acceptors (Lipinski definition) is 5. The number of benzene rings is 2. The van der Waals surface area contributed by atoms with E-state index >= 15 is 0 Å². The van der Waals surface area contributed by atoms with E-state index in [2.05, 4.69) is 0 Å². The minimum atomic E-state index is -0.792. The molecule has 3 rings (SSSR count). The van der Waals surface area contributed by atoms with Crippen molar-refractivity contribution in [3.05, 3.63) is 70.5 Å². The van der Waals surface area contributed by atoms with E-state index < -0.39 is 23.5 Å². The fraction of sp³-hybridized carbons (Fsp3) is 0.385. The molecule has 1 aliphatic heterocycles. The van der Waals surface area contributed by atoms with Gasteiger partial charge in [-0.25, -0.2) is 4.39 Å². The quantitative estimate of drug-likeness (QED) is 0.366. The van der Waals surface area contributed by atoms with Gasteiger partial charge in [0.25, 0.3) is 11.7 Å². The number of carbonyl (C=O) groups is 2. The van der Waals surface area contributed by atoms with Crippen LogP contribution in [0, 0.1) is 12.7 Å². The number of amides is 1. The van der Waals surface area contributed by atoms with E-state index in [4.69, 9.17) is 4.74 Å². The average Bonchev–Trinajstić information content (AvgIpc) is 2.99. The summed E-state index contributed by atoms with van der Waals surface area (Å²) in [6.07, 6.45) is 0.645. The van der Waals surface area contributed by atoms with Crippen molar-refractivity contribution in [2.45, 2.75) is 39.3 Å². The summed E-state index contributed by atoms with van der Waals surface area (Å²) in [6, 6.07) is 10.0. The number of nitrogens with zero attached hydrogens (tertiary/aromatic N) is 2. The topological polar surface area (TPSA) is 70.1 Å². The molecule has 1 atom stereocenters. The van der Waals surface area contributed by atoms with E-state index in [-0.39, 0.29) is 17.4 Å². The standard InChI is InChI=1S/C26H31FN2O4/c1-16(2)33-21-12-9-19(15-17(21)3)24(30)22-23(18-7-10-20(27)11-8-18)29(26(32)25(22)31)14-6-13-28(4)5/h7-12,15-16,23,30H,6,13-14H2,1-5H3/b24-22+/t23-/m0/s1. The van der Waals surface area contributed by atoms with Gasteiger partial charge < -0.3 is 19.6 Å². The second-order valence-electron chi connectivity index (χ2n) is 8.85. The van der Waals surface area contributed by atoms with E-state index in [0.717, 1.165) is 12.1 Å². The smallest absolute Gasteiger partial charge is 0.295 e. The molecule has 1 aliphatic rings. The number of hydrogen-bond donors (Lipinski definition) is 1. The summed E-state index contributed by atoms with van der Waals surface area (Å²) in [6.45, 7) is 6.77. The van der Waals surface area contributed by atoms with Crippen LogP contribution >= 0.6 is 0 Å². The Labute approximate surface area is 194 Å². The van der Waals surface area contributed by atoms with Gasteiger partial charge in [-0.1, -0.05) is 12.1 Å². The number of aryl methyl sites for hydroxylation is 1. The van der Waals surface area contributed by atoms with Crippen molar-refractivity contribution >= 4 is 17.4 Å². The molecule has 0 radical (unpaired) electrons. The highest BCUT2D eigenvalue weighted by Gasteiger charge is 2.45. The maximum atomic E-state index is 13.6. The fourth-order valence-electron chi connectivity index (χ4n) is 4.00. The maximum Gasteiger partial charge on any atom is 0.295 e. The average molecular weight is 455 g/mol. The number of aliphatic hydroxyl groups excluding tert-OH is 1. The van der Waals surface area contributed by atoms with Gasteiger partial charge in [0.05, 0.1) is 17.7 Å². The Morgan fingerprint density at radius 3 is 2.39 bits per heavy atom. The number of ether oxygens (including phenoxy) is 1. The van der Waals surface area contributed by atoms with Crippen molar-refractivity contribution < 1.29 is 23.8 Å². The summed E-state index contributed by atoms with van der Waals surface area (Å²) in [7, 11) is 3.86. The number of halogens is 1.